The van der Waals surface area contributed by atoms with E-state index in [1.807, 2.05) is 48.1 Å². The van der Waals surface area contributed by atoms with E-state index in [1.54, 1.807) is 11.3 Å². The summed E-state index contributed by atoms with van der Waals surface area (Å²) in [7, 11) is 4.00. The molecule has 0 unspecified atom stereocenters. The number of benzene rings is 1. The fourth-order valence-corrected chi connectivity index (χ4v) is 6.00. The zero-order valence-corrected chi connectivity index (χ0v) is 18.1. The monoisotopic (exact) mass is 425 g/mol. The number of carbonyl (C=O) groups excluding carboxylic acids is 1. The predicted molar refractivity (Wildman–Crippen MR) is 116 cm³/mol. The number of fused-ring (bicyclic) bond motifs is 2. The van der Waals surface area contributed by atoms with Crippen LogP contribution in [0.1, 0.15) is 34.2 Å². The van der Waals surface area contributed by atoms with Crippen molar-refractivity contribution in [1.29, 1.82) is 0 Å². The molecule has 5 rings (SSSR count). The lowest BCUT2D eigenvalue weighted by Crippen LogP contribution is -2.36. The van der Waals surface area contributed by atoms with Crippen LogP contribution in [-0.2, 0) is 6.54 Å². The molecular weight excluding hydrogens is 398 g/mol. The van der Waals surface area contributed by atoms with E-state index in [9.17, 15) is 9.90 Å². The maximum Gasteiger partial charge on any atom is 0.263 e. The number of hydrogen-bond donors (Lipinski definition) is 1. The Bertz CT molecular complexity index is 1030. The Hall–Kier alpha value is -2.29. The second kappa shape index (κ2) is 7.76. The zero-order chi connectivity index (χ0) is 20.8. The van der Waals surface area contributed by atoms with Gasteiger partial charge in [-0.1, -0.05) is 23.4 Å². The highest BCUT2D eigenvalue weighted by molar-refractivity contribution is 7.20. The van der Waals surface area contributed by atoms with E-state index in [0.29, 0.717) is 18.3 Å². The van der Waals surface area contributed by atoms with Crippen molar-refractivity contribution in [1.82, 2.24) is 24.8 Å². The number of hydrogen-bond acceptors (Lipinski definition) is 6. The van der Waals surface area contributed by atoms with Gasteiger partial charge in [0.25, 0.3) is 5.91 Å². The van der Waals surface area contributed by atoms with Crippen LogP contribution in [0.15, 0.2) is 36.5 Å². The van der Waals surface area contributed by atoms with Crippen LogP contribution < -0.4 is 0 Å². The van der Waals surface area contributed by atoms with Crippen LogP contribution in [-0.4, -0.2) is 69.1 Å². The molecule has 1 aliphatic heterocycles. The Morgan fingerprint density at radius 1 is 1.23 bits per heavy atom. The molecule has 1 aliphatic carbocycles. The van der Waals surface area contributed by atoms with Crippen LogP contribution in [0.3, 0.4) is 0 Å². The van der Waals surface area contributed by atoms with Gasteiger partial charge >= 0.3 is 0 Å². The summed E-state index contributed by atoms with van der Waals surface area (Å²) in [5, 5.41) is 20.5. The topological polar surface area (TPSA) is 74.5 Å². The molecule has 158 valence electrons. The Kier molecular flexibility index (Phi) is 5.08. The molecule has 3 aromatic rings. The first-order chi connectivity index (χ1) is 14.5. The molecule has 3 heterocycles. The lowest BCUT2D eigenvalue weighted by atomic mass is 9.77. The minimum Gasteiger partial charge on any atom is -0.391 e. The third kappa shape index (κ3) is 3.64. The molecule has 7 nitrogen and oxygen atoms in total. The van der Waals surface area contributed by atoms with Gasteiger partial charge in [-0.05, 0) is 56.3 Å². The van der Waals surface area contributed by atoms with Crippen molar-refractivity contribution in [2.24, 2.45) is 11.8 Å². The van der Waals surface area contributed by atoms with Crippen LogP contribution in [0.2, 0.25) is 0 Å². The second-order valence-electron chi connectivity index (χ2n) is 8.91. The summed E-state index contributed by atoms with van der Waals surface area (Å²) in [5.74, 6) is 0.850. The van der Waals surface area contributed by atoms with Crippen LogP contribution in [0.4, 0.5) is 0 Å². The van der Waals surface area contributed by atoms with Gasteiger partial charge in [0.2, 0.25) is 0 Å². The molecule has 2 aliphatic rings. The van der Waals surface area contributed by atoms with Crippen molar-refractivity contribution in [3.63, 3.8) is 0 Å². The Labute approximate surface area is 179 Å². The number of nitrogens with zero attached hydrogens (tertiary/aromatic N) is 5. The fourth-order valence-electron chi connectivity index (χ4n) is 4.97. The second-order valence-corrected chi connectivity index (χ2v) is 10.00. The number of carbonyl (C=O) groups is 1. The van der Waals surface area contributed by atoms with Crippen molar-refractivity contribution in [2.45, 2.75) is 31.5 Å². The van der Waals surface area contributed by atoms with Gasteiger partial charge in [-0.25, -0.2) is 4.68 Å². The summed E-state index contributed by atoms with van der Waals surface area (Å²) in [4.78, 5) is 18.0. The van der Waals surface area contributed by atoms with E-state index in [0.717, 1.165) is 46.7 Å². The molecule has 30 heavy (non-hydrogen) atoms. The highest BCUT2D eigenvalue weighted by Crippen LogP contribution is 2.42. The van der Waals surface area contributed by atoms with E-state index >= 15 is 0 Å². The molecule has 1 saturated heterocycles. The summed E-state index contributed by atoms with van der Waals surface area (Å²) in [5.41, 5.74) is 0.905. The summed E-state index contributed by atoms with van der Waals surface area (Å²) in [6.45, 7) is 2.21. The van der Waals surface area contributed by atoms with Crippen molar-refractivity contribution in [3.05, 3.63) is 47.1 Å². The lowest BCUT2D eigenvalue weighted by Gasteiger charge is -2.34. The first-order valence-electron chi connectivity index (χ1n) is 10.5. The average Bonchev–Trinajstić information content (AvgIpc) is 3.43. The summed E-state index contributed by atoms with van der Waals surface area (Å²) in [6.07, 6.45) is 3.02. The maximum atomic E-state index is 13.1. The smallest absolute Gasteiger partial charge is 0.263 e. The number of aromatic nitrogens is 3. The number of aliphatic hydroxyl groups is 1. The van der Waals surface area contributed by atoms with Crippen molar-refractivity contribution >= 4 is 27.3 Å². The Balaban J connectivity index is 1.29. The van der Waals surface area contributed by atoms with E-state index in [2.05, 4.69) is 27.3 Å². The minimum absolute atomic E-state index is 0.0750. The first kappa shape index (κ1) is 19.7. The van der Waals surface area contributed by atoms with Crippen LogP contribution >= 0.6 is 11.3 Å². The van der Waals surface area contributed by atoms with Gasteiger partial charge in [0.15, 0.2) is 0 Å². The third-order valence-electron chi connectivity index (χ3n) is 6.41. The molecule has 2 aromatic heterocycles. The molecule has 0 spiro atoms. The normalized spacial score (nSPS) is 26.5. The molecule has 0 bridgehead atoms. The minimum atomic E-state index is -0.459. The molecular formula is C22H27N5O2S. The molecule has 1 saturated carbocycles. The highest BCUT2D eigenvalue weighted by atomic mass is 32.1. The quantitative estimate of drug-likeness (QED) is 0.696. The van der Waals surface area contributed by atoms with Gasteiger partial charge in [-0.15, -0.1) is 16.4 Å². The lowest BCUT2D eigenvalue weighted by molar-refractivity contribution is 0.0298. The van der Waals surface area contributed by atoms with Gasteiger partial charge in [0.05, 0.1) is 28.9 Å². The number of amides is 1. The van der Waals surface area contributed by atoms with E-state index in [4.69, 9.17) is 0 Å². The zero-order valence-electron chi connectivity index (χ0n) is 17.3. The van der Waals surface area contributed by atoms with Gasteiger partial charge in [-0.3, -0.25) is 4.79 Å². The molecule has 1 N–H and O–H groups in total. The van der Waals surface area contributed by atoms with Crippen molar-refractivity contribution in [2.75, 3.05) is 27.2 Å². The Morgan fingerprint density at radius 2 is 2.00 bits per heavy atom. The van der Waals surface area contributed by atoms with E-state index in [1.165, 1.54) is 0 Å². The van der Waals surface area contributed by atoms with Crippen molar-refractivity contribution in [3.8, 4) is 0 Å². The molecule has 8 heteroatoms. The van der Waals surface area contributed by atoms with Crippen LogP contribution in [0, 0.1) is 11.8 Å². The summed E-state index contributed by atoms with van der Waals surface area (Å²) >= 11 is 1.56. The third-order valence-corrected chi connectivity index (χ3v) is 7.51. The largest absolute Gasteiger partial charge is 0.391 e. The standard InChI is InChI=1S/C22H27N5O2S/c1-25(2)12-17-13-27(24-23-17)18-7-15-10-26(11-16(15)8-19(18)28)22(29)21-9-14-5-3-4-6-20(14)30-21/h3-6,9,13,15-16,18-19,28H,7-8,10-12H2,1-2H3/t15-,16+,18-,19-/m1/s1. The predicted octanol–water partition coefficient (Wildman–Crippen LogP) is 2.64. The fraction of sp³-hybridized carbons (Fsp3) is 0.500. The molecule has 1 aromatic carbocycles. The van der Waals surface area contributed by atoms with Gasteiger partial charge < -0.3 is 14.9 Å². The van der Waals surface area contributed by atoms with Crippen LogP contribution in [0.5, 0.6) is 0 Å². The van der Waals surface area contributed by atoms with Crippen LogP contribution in [0.25, 0.3) is 10.1 Å². The number of thiophene rings is 1. The van der Waals surface area contributed by atoms with Gasteiger partial charge in [0, 0.05) is 24.3 Å². The molecule has 1 amide bonds. The van der Waals surface area contributed by atoms with Gasteiger partial charge in [0.1, 0.15) is 0 Å². The summed E-state index contributed by atoms with van der Waals surface area (Å²) in [6, 6.07) is 10.1. The summed E-state index contributed by atoms with van der Waals surface area (Å²) < 4.78 is 2.98. The Morgan fingerprint density at radius 3 is 2.77 bits per heavy atom. The number of rotatable bonds is 4. The van der Waals surface area contributed by atoms with Gasteiger partial charge in [-0.2, -0.15) is 0 Å². The molecule has 0 radical (unpaired) electrons. The van der Waals surface area contributed by atoms with E-state index in [-0.39, 0.29) is 11.9 Å². The average molecular weight is 426 g/mol. The highest BCUT2D eigenvalue weighted by Gasteiger charge is 2.44. The van der Waals surface area contributed by atoms with E-state index < -0.39 is 6.10 Å². The maximum absolute atomic E-state index is 13.1. The SMILES string of the molecule is CN(C)Cc1cn([C@@H]2C[C@@H]3CN(C(=O)c4cc5ccccc5s4)C[C@@H]3C[C@H]2O)nn1. The van der Waals surface area contributed by atoms with Crippen molar-refractivity contribution < 1.29 is 9.90 Å². The molecule has 4 atom stereocenters. The first-order valence-corrected chi connectivity index (χ1v) is 11.3. The number of aliphatic hydroxyl groups excluding tert-OH is 1. The molecule has 2 fully saturated rings. The number of likely N-dealkylation sites (tertiary alicyclic amines) is 1.